The summed E-state index contributed by atoms with van der Waals surface area (Å²) in [5.74, 6) is 0. The highest BCUT2D eigenvalue weighted by Crippen LogP contribution is 2.25. The Morgan fingerprint density at radius 1 is 1.31 bits per heavy atom. The average molecular weight is 293 g/mol. The normalized spacial score (nSPS) is 11.1. The van der Waals surface area contributed by atoms with Gasteiger partial charge in [-0.3, -0.25) is 0 Å². The number of hydrogen-bond acceptors (Lipinski definition) is 2. The van der Waals surface area contributed by atoms with E-state index < -0.39 is 0 Å². The number of halogens is 1. The van der Waals surface area contributed by atoms with Crippen LogP contribution in [0.3, 0.4) is 0 Å². The quantitative estimate of drug-likeness (QED) is 0.700. The van der Waals surface area contributed by atoms with Crippen LogP contribution >= 0.6 is 27.3 Å². The predicted molar refractivity (Wildman–Crippen MR) is 70.9 cm³/mol. The molecule has 0 aliphatic carbocycles. The first-order valence-electron chi connectivity index (χ1n) is 4.96. The first-order chi connectivity index (χ1) is 7.84. The first kappa shape index (κ1) is 10.1. The highest BCUT2D eigenvalue weighted by atomic mass is 79.9. The SMILES string of the molecule is Brc1cccc2c1ccn2Cc1nccs1. The molecule has 2 aromatic heterocycles. The van der Waals surface area contributed by atoms with Crippen molar-refractivity contribution >= 4 is 38.2 Å². The van der Waals surface area contributed by atoms with Crippen LogP contribution in [0.1, 0.15) is 5.01 Å². The van der Waals surface area contributed by atoms with Crippen molar-refractivity contribution in [3.63, 3.8) is 0 Å². The lowest BCUT2D eigenvalue weighted by molar-refractivity contribution is 0.828. The second-order valence-corrected chi connectivity index (χ2v) is 5.38. The van der Waals surface area contributed by atoms with Gasteiger partial charge >= 0.3 is 0 Å². The van der Waals surface area contributed by atoms with Gasteiger partial charge in [0.05, 0.1) is 6.54 Å². The van der Waals surface area contributed by atoms with Crippen LogP contribution in [0, 0.1) is 0 Å². The summed E-state index contributed by atoms with van der Waals surface area (Å²) in [7, 11) is 0. The number of aromatic nitrogens is 2. The van der Waals surface area contributed by atoms with Crippen LogP contribution in [0.15, 0.2) is 46.5 Å². The monoisotopic (exact) mass is 292 g/mol. The molecule has 80 valence electrons. The van der Waals surface area contributed by atoms with Gasteiger partial charge in [-0.2, -0.15) is 0 Å². The van der Waals surface area contributed by atoms with E-state index in [2.05, 4.69) is 55.9 Å². The van der Waals surface area contributed by atoms with Crippen LogP contribution in [-0.2, 0) is 6.54 Å². The number of rotatable bonds is 2. The Kier molecular flexibility index (Phi) is 2.53. The average Bonchev–Trinajstić information content (AvgIpc) is 2.90. The summed E-state index contributed by atoms with van der Waals surface area (Å²) in [5.41, 5.74) is 1.24. The molecule has 0 spiro atoms. The van der Waals surface area contributed by atoms with Crippen molar-refractivity contribution in [1.82, 2.24) is 9.55 Å². The summed E-state index contributed by atoms with van der Waals surface area (Å²) in [5, 5.41) is 4.40. The summed E-state index contributed by atoms with van der Waals surface area (Å²) in [4.78, 5) is 4.31. The zero-order chi connectivity index (χ0) is 11.0. The number of thiazole rings is 1. The molecule has 16 heavy (non-hydrogen) atoms. The molecule has 0 N–H and O–H groups in total. The minimum atomic E-state index is 0.845. The van der Waals surface area contributed by atoms with Crippen molar-refractivity contribution in [1.29, 1.82) is 0 Å². The molecule has 0 saturated carbocycles. The molecule has 0 fully saturated rings. The van der Waals surface area contributed by atoms with E-state index in [9.17, 15) is 0 Å². The van der Waals surface area contributed by atoms with Gasteiger partial charge in [-0.1, -0.05) is 22.0 Å². The van der Waals surface area contributed by atoms with Gasteiger partial charge in [0, 0.05) is 33.1 Å². The highest BCUT2D eigenvalue weighted by molar-refractivity contribution is 9.10. The fourth-order valence-corrected chi connectivity index (χ4v) is 2.90. The van der Waals surface area contributed by atoms with Crippen molar-refractivity contribution in [2.75, 3.05) is 0 Å². The van der Waals surface area contributed by atoms with E-state index in [1.54, 1.807) is 11.3 Å². The number of fused-ring (bicyclic) bond motifs is 1. The van der Waals surface area contributed by atoms with Gasteiger partial charge in [0.25, 0.3) is 0 Å². The Hall–Kier alpha value is -1.13. The zero-order valence-electron chi connectivity index (χ0n) is 8.43. The van der Waals surface area contributed by atoms with Gasteiger partial charge in [0.1, 0.15) is 5.01 Å². The first-order valence-corrected chi connectivity index (χ1v) is 6.63. The van der Waals surface area contributed by atoms with Gasteiger partial charge in [-0.05, 0) is 18.2 Å². The molecule has 0 amide bonds. The van der Waals surface area contributed by atoms with E-state index in [0.717, 1.165) is 16.0 Å². The molecule has 0 aliphatic rings. The molecular weight excluding hydrogens is 284 g/mol. The number of hydrogen-bond donors (Lipinski definition) is 0. The number of benzene rings is 1. The van der Waals surface area contributed by atoms with E-state index in [4.69, 9.17) is 0 Å². The van der Waals surface area contributed by atoms with Gasteiger partial charge in [-0.15, -0.1) is 11.3 Å². The van der Waals surface area contributed by atoms with Gasteiger partial charge in [0.2, 0.25) is 0 Å². The molecule has 0 aliphatic heterocycles. The van der Waals surface area contributed by atoms with Crippen LogP contribution in [0.2, 0.25) is 0 Å². The maximum absolute atomic E-state index is 4.31. The molecule has 2 heterocycles. The minimum Gasteiger partial charge on any atom is -0.341 e. The van der Waals surface area contributed by atoms with E-state index in [-0.39, 0.29) is 0 Å². The standard InChI is InChI=1S/C12H9BrN2S/c13-10-2-1-3-11-9(10)4-6-15(11)8-12-14-5-7-16-12/h1-7H,8H2. The predicted octanol–water partition coefficient (Wildman–Crippen LogP) is 3.91. The Morgan fingerprint density at radius 2 is 2.25 bits per heavy atom. The maximum Gasteiger partial charge on any atom is 0.112 e. The lowest BCUT2D eigenvalue weighted by Gasteiger charge is -2.02. The molecule has 0 atom stereocenters. The van der Waals surface area contributed by atoms with Gasteiger partial charge in [0.15, 0.2) is 0 Å². The van der Waals surface area contributed by atoms with Crippen molar-refractivity contribution in [3.8, 4) is 0 Å². The van der Waals surface area contributed by atoms with Crippen LogP contribution in [0.4, 0.5) is 0 Å². The number of nitrogens with zero attached hydrogens (tertiary/aromatic N) is 2. The van der Waals surface area contributed by atoms with Gasteiger partial charge in [-0.25, -0.2) is 4.98 Å². The molecule has 2 nitrogen and oxygen atoms in total. The second-order valence-electron chi connectivity index (χ2n) is 3.54. The van der Waals surface area contributed by atoms with Crippen LogP contribution < -0.4 is 0 Å². The van der Waals surface area contributed by atoms with Gasteiger partial charge < -0.3 is 4.57 Å². The van der Waals surface area contributed by atoms with Crippen molar-refractivity contribution in [3.05, 3.63) is 51.5 Å². The van der Waals surface area contributed by atoms with E-state index in [1.165, 1.54) is 10.9 Å². The lowest BCUT2D eigenvalue weighted by Crippen LogP contribution is -1.96. The molecule has 4 heteroatoms. The van der Waals surface area contributed by atoms with Crippen molar-refractivity contribution in [2.45, 2.75) is 6.54 Å². The Morgan fingerprint density at radius 3 is 3.06 bits per heavy atom. The maximum atomic E-state index is 4.31. The molecule has 3 aromatic rings. The summed E-state index contributed by atoms with van der Waals surface area (Å²) >= 11 is 5.25. The highest BCUT2D eigenvalue weighted by Gasteiger charge is 2.04. The molecule has 0 saturated heterocycles. The summed E-state index contributed by atoms with van der Waals surface area (Å²) in [6.07, 6.45) is 3.96. The molecule has 0 radical (unpaired) electrons. The van der Waals surface area contributed by atoms with Crippen LogP contribution in [0.25, 0.3) is 10.9 Å². The van der Waals surface area contributed by atoms with E-state index in [0.29, 0.717) is 0 Å². The largest absolute Gasteiger partial charge is 0.341 e. The molecule has 3 rings (SSSR count). The molecule has 0 bridgehead atoms. The third-order valence-electron chi connectivity index (χ3n) is 2.55. The van der Waals surface area contributed by atoms with Crippen molar-refractivity contribution in [2.24, 2.45) is 0 Å². The summed E-state index contributed by atoms with van der Waals surface area (Å²) < 4.78 is 3.36. The Balaban J connectivity index is 2.08. The lowest BCUT2D eigenvalue weighted by atomic mass is 10.2. The van der Waals surface area contributed by atoms with E-state index in [1.807, 2.05) is 11.6 Å². The van der Waals surface area contributed by atoms with E-state index >= 15 is 0 Å². The summed E-state index contributed by atoms with van der Waals surface area (Å²) in [6.45, 7) is 0.845. The third-order valence-corrected chi connectivity index (χ3v) is 4.01. The topological polar surface area (TPSA) is 17.8 Å². The zero-order valence-corrected chi connectivity index (χ0v) is 10.8. The molecule has 1 aromatic carbocycles. The van der Waals surface area contributed by atoms with Crippen molar-refractivity contribution < 1.29 is 0 Å². The molecule has 0 unspecified atom stereocenters. The Labute approximate surface area is 106 Å². The molecular formula is C12H9BrN2S. The minimum absolute atomic E-state index is 0.845. The fraction of sp³-hybridized carbons (Fsp3) is 0.0833. The van der Waals surface area contributed by atoms with Crippen LogP contribution in [0.5, 0.6) is 0 Å². The second kappa shape index (κ2) is 4.03. The Bertz CT molecular complexity index is 613. The fourth-order valence-electron chi connectivity index (χ4n) is 1.80. The third kappa shape index (κ3) is 1.68. The summed E-state index contributed by atoms with van der Waals surface area (Å²) in [6, 6.07) is 8.39. The smallest absolute Gasteiger partial charge is 0.112 e. The van der Waals surface area contributed by atoms with Crippen LogP contribution in [-0.4, -0.2) is 9.55 Å².